The molecule has 1 aliphatic heterocycles. The van der Waals surface area contributed by atoms with Crippen molar-refractivity contribution in [3.8, 4) is 0 Å². The van der Waals surface area contributed by atoms with Crippen molar-refractivity contribution in [2.45, 2.75) is 45.7 Å². The van der Waals surface area contributed by atoms with Crippen molar-refractivity contribution in [3.63, 3.8) is 0 Å². The fourth-order valence-corrected chi connectivity index (χ4v) is 4.34. The topological polar surface area (TPSA) is 54.3 Å². The Kier molecular flexibility index (Phi) is 6.26. The number of nitrogens with one attached hydrogen (secondary N) is 2. The fourth-order valence-electron chi connectivity index (χ4n) is 4.34. The largest absolute Gasteiger partial charge is 0.465 e. The maximum absolute atomic E-state index is 12.8. The monoisotopic (exact) mass is 414 g/mol. The van der Waals surface area contributed by atoms with E-state index in [2.05, 4.69) is 48.4 Å². The molecule has 0 fully saturated rings. The van der Waals surface area contributed by atoms with E-state index in [1.54, 1.807) is 0 Å². The van der Waals surface area contributed by atoms with Crippen molar-refractivity contribution in [2.24, 2.45) is 5.92 Å². The van der Waals surface area contributed by atoms with Gasteiger partial charge in [0.05, 0.1) is 12.6 Å². The van der Waals surface area contributed by atoms with Gasteiger partial charge < -0.3 is 15.1 Å². The van der Waals surface area contributed by atoms with Crippen LogP contribution < -0.4 is 10.6 Å². The van der Waals surface area contributed by atoms with Crippen LogP contribution in [0, 0.1) is 12.8 Å². The van der Waals surface area contributed by atoms with Gasteiger partial charge in [0.2, 0.25) is 0 Å². The van der Waals surface area contributed by atoms with Crippen LogP contribution in [0.2, 0.25) is 0 Å². The predicted molar refractivity (Wildman–Crippen MR) is 126 cm³/mol. The summed E-state index contributed by atoms with van der Waals surface area (Å²) in [5, 5.41) is 6.67. The standard InChI is InChI=1S/C27H30N2O2/c1-4-5-11-23-19(3)24-16-21(27(30)28-17-22-14-12-18(2)31-22)13-15-25(24)29-26(23)20-9-7-6-8-10-20/h6-10,12-16,23,26,29H,3-5,11,17H2,1-2H3,(H,28,30). The summed E-state index contributed by atoms with van der Waals surface area (Å²) in [5.74, 6) is 1.77. The van der Waals surface area contributed by atoms with Gasteiger partial charge in [0.25, 0.3) is 5.91 Å². The molecule has 2 heterocycles. The number of hydrogen-bond acceptors (Lipinski definition) is 3. The van der Waals surface area contributed by atoms with Crippen LogP contribution in [0.15, 0.2) is 71.7 Å². The molecule has 1 amide bonds. The highest BCUT2D eigenvalue weighted by Gasteiger charge is 2.32. The van der Waals surface area contributed by atoms with E-state index in [9.17, 15) is 4.79 Å². The summed E-state index contributed by atoms with van der Waals surface area (Å²) < 4.78 is 5.54. The SMILES string of the molecule is C=C1c2cc(C(=O)NCc3ccc(C)o3)ccc2NC(c2ccccc2)C1CCCC. The van der Waals surface area contributed by atoms with Crippen molar-refractivity contribution < 1.29 is 9.21 Å². The van der Waals surface area contributed by atoms with Crippen molar-refractivity contribution in [1.29, 1.82) is 0 Å². The van der Waals surface area contributed by atoms with Crippen LogP contribution in [0.3, 0.4) is 0 Å². The van der Waals surface area contributed by atoms with E-state index in [4.69, 9.17) is 4.42 Å². The normalized spacial score (nSPS) is 17.7. The van der Waals surface area contributed by atoms with Crippen molar-refractivity contribution >= 4 is 17.2 Å². The molecule has 2 N–H and O–H groups in total. The first-order valence-corrected chi connectivity index (χ1v) is 11.0. The zero-order valence-electron chi connectivity index (χ0n) is 18.3. The fraction of sp³-hybridized carbons (Fsp3) is 0.296. The summed E-state index contributed by atoms with van der Waals surface area (Å²) in [6.45, 7) is 8.96. The number of rotatable bonds is 7. The lowest BCUT2D eigenvalue weighted by Gasteiger charge is -2.37. The zero-order chi connectivity index (χ0) is 21.8. The summed E-state index contributed by atoms with van der Waals surface area (Å²) in [7, 11) is 0. The third kappa shape index (κ3) is 4.58. The minimum Gasteiger partial charge on any atom is -0.465 e. The Hall–Kier alpha value is -3.27. The highest BCUT2D eigenvalue weighted by Crippen LogP contribution is 2.45. The van der Waals surface area contributed by atoms with Gasteiger partial charge in [0.15, 0.2) is 0 Å². The molecule has 2 unspecified atom stereocenters. The summed E-state index contributed by atoms with van der Waals surface area (Å²) in [5.41, 5.74) is 5.08. The Morgan fingerprint density at radius 3 is 2.65 bits per heavy atom. The van der Waals surface area contributed by atoms with E-state index in [1.165, 1.54) is 5.56 Å². The number of unbranched alkanes of at least 4 members (excludes halogenated alkanes) is 1. The van der Waals surface area contributed by atoms with Gasteiger partial charge in [-0.3, -0.25) is 4.79 Å². The minimum absolute atomic E-state index is 0.111. The molecule has 4 nitrogen and oxygen atoms in total. The van der Waals surface area contributed by atoms with Gasteiger partial charge in [-0.1, -0.05) is 56.7 Å². The number of carbonyl (C=O) groups excluding carboxylic acids is 1. The molecule has 3 aromatic rings. The van der Waals surface area contributed by atoms with Crippen LogP contribution in [0.4, 0.5) is 5.69 Å². The molecule has 31 heavy (non-hydrogen) atoms. The summed E-state index contributed by atoms with van der Waals surface area (Å²) >= 11 is 0. The number of carbonyl (C=O) groups is 1. The van der Waals surface area contributed by atoms with E-state index in [-0.39, 0.29) is 11.9 Å². The Morgan fingerprint density at radius 1 is 1.13 bits per heavy atom. The van der Waals surface area contributed by atoms with Gasteiger partial charge in [0.1, 0.15) is 11.5 Å². The Bertz CT molecular complexity index is 1070. The molecule has 0 saturated heterocycles. The van der Waals surface area contributed by atoms with E-state index >= 15 is 0 Å². The second kappa shape index (κ2) is 9.25. The lowest BCUT2D eigenvalue weighted by molar-refractivity contribution is 0.0948. The predicted octanol–water partition coefficient (Wildman–Crippen LogP) is 6.50. The van der Waals surface area contributed by atoms with E-state index < -0.39 is 0 Å². The second-order valence-electron chi connectivity index (χ2n) is 8.26. The molecule has 0 radical (unpaired) electrons. The highest BCUT2D eigenvalue weighted by atomic mass is 16.3. The van der Waals surface area contributed by atoms with Crippen LogP contribution >= 0.6 is 0 Å². The van der Waals surface area contributed by atoms with Crippen LogP contribution in [0.1, 0.15) is 65.2 Å². The zero-order valence-corrected chi connectivity index (χ0v) is 18.3. The van der Waals surface area contributed by atoms with E-state index in [1.807, 2.05) is 43.3 Å². The lowest BCUT2D eigenvalue weighted by Crippen LogP contribution is -2.28. The number of hydrogen-bond donors (Lipinski definition) is 2. The minimum atomic E-state index is -0.111. The van der Waals surface area contributed by atoms with Crippen molar-refractivity contribution in [2.75, 3.05) is 5.32 Å². The summed E-state index contributed by atoms with van der Waals surface area (Å²) in [4.78, 5) is 12.8. The molecule has 0 saturated carbocycles. The number of furan rings is 1. The van der Waals surface area contributed by atoms with Crippen LogP contribution in [-0.2, 0) is 6.54 Å². The smallest absolute Gasteiger partial charge is 0.251 e. The highest BCUT2D eigenvalue weighted by molar-refractivity contribution is 5.96. The number of aryl methyl sites for hydroxylation is 1. The molecular formula is C27H30N2O2. The molecular weight excluding hydrogens is 384 g/mol. The molecule has 0 aliphatic carbocycles. The molecule has 1 aromatic heterocycles. The Morgan fingerprint density at radius 2 is 1.94 bits per heavy atom. The average Bonchev–Trinajstić information content (AvgIpc) is 3.22. The third-order valence-corrected chi connectivity index (χ3v) is 6.04. The van der Waals surface area contributed by atoms with Gasteiger partial charge in [-0.2, -0.15) is 0 Å². The molecule has 1 aliphatic rings. The number of anilines is 1. The first kappa shape index (κ1) is 21.0. The van der Waals surface area contributed by atoms with Gasteiger partial charge >= 0.3 is 0 Å². The van der Waals surface area contributed by atoms with Crippen LogP contribution in [0.25, 0.3) is 5.57 Å². The van der Waals surface area contributed by atoms with Crippen LogP contribution in [0.5, 0.6) is 0 Å². The van der Waals surface area contributed by atoms with Crippen molar-refractivity contribution in [3.05, 3.63) is 95.5 Å². The Labute approximate surface area is 184 Å². The molecule has 2 aromatic carbocycles. The first-order valence-electron chi connectivity index (χ1n) is 11.0. The lowest BCUT2D eigenvalue weighted by atomic mass is 9.77. The maximum atomic E-state index is 12.8. The molecule has 2 atom stereocenters. The molecule has 4 heteroatoms. The van der Waals surface area contributed by atoms with Gasteiger partial charge in [-0.25, -0.2) is 0 Å². The molecule has 160 valence electrons. The summed E-state index contributed by atoms with van der Waals surface area (Å²) in [6.07, 6.45) is 3.36. The number of benzene rings is 2. The van der Waals surface area contributed by atoms with Crippen LogP contribution in [-0.4, -0.2) is 5.91 Å². The van der Waals surface area contributed by atoms with E-state index in [0.717, 1.165) is 47.6 Å². The molecule has 0 bridgehead atoms. The number of amides is 1. The van der Waals surface area contributed by atoms with Crippen molar-refractivity contribution in [1.82, 2.24) is 5.32 Å². The Balaban J connectivity index is 1.57. The average molecular weight is 415 g/mol. The number of fused-ring (bicyclic) bond motifs is 1. The summed E-state index contributed by atoms with van der Waals surface area (Å²) in [6, 6.07) is 20.4. The van der Waals surface area contributed by atoms with E-state index in [0.29, 0.717) is 18.0 Å². The second-order valence-corrected chi connectivity index (χ2v) is 8.26. The maximum Gasteiger partial charge on any atom is 0.251 e. The van der Waals surface area contributed by atoms with Gasteiger partial charge in [-0.05, 0) is 54.8 Å². The van der Waals surface area contributed by atoms with Gasteiger partial charge in [0, 0.05) is 22.7 Å². The molecule has 0 spiro atoms. The quantitative estimate of drug-likeness (QED) is 0.464. The first-order chi connectivity index (χ1) is 15.1. The molecule has 4 rings (SSSR count). The van der Waals surface area contributed by atoms with Gasteiger partial charge in [-0.15, -0.1) is 0 Å². The third-order valence-electron chi connectivity index (χ3n) is 6.04.